The van der Waals surface area contributed by atoms with E-state index >= 15 is 0 Å². The van der Waals surface area contributed by atoms with E-state index in [1.807, 2.05) is 20.8 Å². The zero-order chi connectivity index (χ0) is 19.5. The van der Waals surface area contributed by atoms with Crippen molar-refractivity contribution in [1.82, 2.24) is 0 Å². The van der Waals surface area contributed by atoms with Gasteiger partial charge < -0.3 is 24.1 Å². The van der Waals surface area contributed by atoms with E-state index in [9.17, 15) is 19.5 Å². The molecule has 0 saturated carbocycles. The number of ether oxygens (including phenoxy) is 4. The van der Waals surface area contributed by atoms with Crippen molar-refractivity contribution >= 4 is 17.9 Å². The molecule has 8 heteroatoms. The van der Waals surface area contributed by atoms with Crippen LogP contribution in [-0.2, 0) is 33.3 Å². The standard InChI is InChI=1S/C18H30O8/c1-4-7-14(20)24-13-11-23-12(10-19)17(25-15(21)8-5-2)18(13)26-16(22)9-6-3/h12-13,17-19H,4-11H2,1-3H3/t12-,13-,17-,18+/m1/s1. The minimum absolute atomic E-state index is 0.0490. The second kappa shape index (κ2) is 11.9. The summed E-state index contributed by atoms with van der Waals surface area (Å²) < 4.78 is 21.7. The number of esters is 3. The van der Waals surface area contributed by atoms with Crippen LogP contribution in [0, 0.1) is 0 Å². The average Bonchev–Trinajstić information content (AvgIpc) is 2.58. The highest BCUT2D eigenvalue weighted by atomic mass is 16.6. The van der Waals surface area contributed by atoms with Crippen molar-refractivity contribution in [2.24, 2.45) is 0 Å². The zero-order valence-corrected chi connectivity index (χ0v) is 15.8. The van der Waals surface area contributed by atoms with E-state index in [2.05, 4.69) is 0 Å². The molecule has 1 heterocycles. The number of hydrogen-bond acceptors (Lipinski definition) is 8. The van der Waals surface area contributed by atoms with Crippen LogP contribution in [0.3, 0.4) is 0 Å². The number of carbonyl (C=O) groups is 3. The Hall–Kier alpha value is -1.67. The molecule has 150 valence electrons. The third-order valence-electron chi connectivity index (χ3n) is 3.89. The number of aliphatic hydroxyl groups is 1. The molecule has 0 unspecified atom stereocenters. The summed E-state index contributed by atoms with van der Waals surface area (Å²) in [6.45, 7) is 5.04. The van der Waals surface area contributed by atoms with E-state index < -0.39 is 48.9 Å². The van der Waals surface area contributed by atoms with Crippen LogP contribution in [0.2, 0.25) is 0 Å². The summed E-state index contributed by atoms with van der Waals surface area (Å²) in [5.74, 6) is -1.42. The molecule has 8 nitrogen and oxygen atoms in total. The third kappa shape index (κ3) is 6.92. The smallest absolute Gasteiger partial charge is 0.306 e. The quantitative estimate of drug-likeness (QED) is 0.453. The van der Waals surface area contributed by atoms with Crippen molar-refractivity contribution in [2.75, 3.05) is 13.2 Å². The van der Waals surface area contributed by atoms with Crippen LogP contribution in [0.15, 0.2) is 0 Å². The molecule has 0 aromatic rings. The van der Waals surface area contributed by atoms with Gasteiger partial charge in [-0.2, -0.15) is 0 Å². The topological polar surface area (TPSA) is 108 Å². The summed E-state index contributed by atoms with van der Waals surface area (Å²) in [5.41, 5.74) is 0. The molecule has 1 N–H and O–H groups in total. The summed E-state index contributed by atoms with van der Waals surface area (Å²) in [5, 5.41) is 9.55. The maximum Gasteiger partial charge on any atom is 0.306 e. The van der Waals surface area contributed by atoms with E-state index in [4.69, 9.17) is 18.9 Å². The number of rotatable bonds is 10. The first-order valence-corrected chi connectivity index (χ1v) is 9.27. The van der Waals surface area contributed by atoms with Crippen molar-refractivity contribution in [3.63, 3.8) is 0 Å². The fourth-order valence-corrected chi connectivity index (χ4v) is 2.64. The van der Waals surface area contributed by atoms with Gasteiger partial charge in [-0.15, -0.1) is 0 Å². The molecule has 1 rings (SSSR count). The van der Waals surface area contributed by atoms with Gasteiger partial charge >= 0.3 is 17.9 Å². The summed E-state index contributed by atoms with van der Waals surface area (Å²) >= 11 is 0. The minimum atomic E-state index is -1.03. The number of carbonyl (C=O) groups excluding carboxylic acids is 3. The van der Waals surface area contributed by atoms with Crippen molar-refractivity contribution in [3.05, 3.63) is 0 Å². The molecule has 0 aliphatic carbocycles. The predicted octanol–water partition coefficient (Wildman–Crippen LogP) is 1.51. The largest absolute Gasteiger partial charge is 0.456 e. The highest BCUT2D eigenvalue weighted by Crippen LogP contribution is 2.25. The summed E-state index contributed by atoms with van der Waals surface area (Å²) in [6, 6.07) is 0. The van der Waals surface area contributed by atoms with Crippen LogP contribution in [0.5, 0.6) is 0 Å². The average molecular weight is 374 g/mol. The monoisotopic (exact) mass is 374 g/mol. The molecule has 0 aromatic carbocycles. The van der Waals surface area contributed by atoms with Crippen LogP contribution < -0.4 is 0 Å². The van der Waals surface area contributed by atoms with Gasteiger partial charge in [0, 0.05) is 19.3 Å². The van der Waals surface area contributed by atoms with Gasteiger partial charge in [0.2, 0.25) is 0 Å². The maximum atomic E-state index is 12.0. The van der Waals surface area contributed by atoms with Crippen LogP contribution >= 0.6 is 0 Å². The first-order chi connectivity index (χ1) is 12.5. The van der Waals surface area contributed by atoms with E-state index in [1.165, 1.54) is 0 Å². The van der Waals surface area contributed by atoms with E-state index in [0.717, 1.165) is 0 Å². The molecule has 4 atom stereocenters. The van der Waals surface area contributed by atoms with Gasteiger partial charge in [-0.3, -0.25) is 14.4 Å². The second-order valence-corrected chi connectivity index (χ2v) is 6.24. The lowest BCUT2D eigenvalue weighted by molar-refractivity contribution is -0.231. The van der Waals surface area contributed by atoms with Crippen molar-refractivity contribution < 1.29 is 38.4 Å². The number of aliphatic hydroxyl groups excluding tert-OH is 1. The molecule has 1 fully saturated rings. The van der Waals surface area contributed by atoms with Crippen LogP contribution in [0.1, 0.15) is 59.3 Å². The lowest BCUT2D eigenvalue weighted by Crippen LogP contribution is -2.58. The highest BCUT2D eigenvalue weighted by molar-refractivity contribution is 5.71. The van der Waals surface area contributed by atoms with Crippen molar-refractivity contribution in [3.8, 4) is 0 Å². The Kier molecular flexibility index (Phi) is 10.2. The Morgan fingerprint density at radius 3 is 1.77 bits per heavy atom. The van der Waals surface area contributed by atoms with Crippen LogP contribution in [0.4, 0.5) is 0 Å². The minimum Gasteiger partial charge on any atom is -0.456 e. The van der Waals surface area contributed by atoms with E-state index in [1.54, 1.807) is 0 Å². The molecule has 1 aliphatic heterocycles. The van der Waals surface area contributed by atoms with Gasteiger partial charge in [-0.1, -0.05) is 20.8 Å². The maximum absolute atomic E-state index is 12.0. The first-order valence-electron chi connectivity index (χ1n) is 9.27. The van der Waals surface area contributed by atoms with Gasteiger partial charge in [0.25, 0.3) is 0 Å². The molecule has 26 heavy (non-hydrogen) atoms. The Morgan fingerprint density at radius 1 is 0.846 bits per heavy atom. The van der Waals surface area contributed by atoms with E-state index in [-0.39, 0.29) is 25.9 Å². The molecule has 0 amide bonds. The lowest BCUT2D eigenvalue weighted by atomic mass is 9.99. The highest BCUT2D eigenvalue weighted by Gasteiger charge is 2.47. The van der Waals surface area contributed by atoms with Gasteiger partial charge in [-0.05, 0) is 19.3 Å². The van der Waals surface area contributed by atoms with Crippen molar-refractivity contribution in [2.45, 2.75) is 83.7 Å². The fourth-order valence-electron chi connectivity index (χ4n) is 2.64. The van der Waals surface area contributed by atoms with Gasteiger partial charge in [0.15, 0.2) is 18.3 Å². The van der Waals surface area contributed by atoms with Crippen LogP contribution in [-0.4, -0.2) is 60.6 Å². The molecular formula is C18H30O8. The summed E-state index contributed by atoms with van der Waals surface area (Å²) in [4.78, 5) is 35.8. The SMILES string of the molecule is CCCC(=O)O[C@@H]1[C@H](OC(=O)CCC)[C@@H](CO)OC[C@H]1OC(=O)CCC. The third-order valence-corrected chi connectivity index (χ3v) is 3.89. The molecule has 0 spiro atoms. The Morgan fingerprint density at radius 2 is 1.31 bits per heavy atom. The zero-order valence-electron chi connectivity index (χ0n) is 15.8. The molecule has 0 aromatic heterocycles. The Balaban J connectivity index is 2.98. The van der Waals surface area contributed by atoms with Gasteiger partial charge in [0.1, 0.15) is 6.10 Å². The first kappa shape index (κ1) is 22.4. The van der Waals surface area contributed by atoms with E-state index in [0.29, 0.717) is 19.3 Å². The molecule has 1 saturated heterocycles. The predicted molar refractivity (Wildman–Crippen MR) is 91.2 cm³/mol. The van der Waals surface area contributed by atoms with Crippen molar-refractivity contribution in [1.29, 1.82) is 0 Å². The normalized spacial score (nSPS) is 25.4. The second-order valence-electron chi connectivity index (χ2n) is 6.24. The lowest BCUT2D eigenvalue weighted by Gasteiger charge is -2.40. The Bertz CT molecular complexity index is 464. The molecule has 0 radical (unpaired) electrons. The Labute approximate surface area is 154 Å². The number of hydrogen-bond donors (Lipinski definition) is 1. The van der Waals surface area contributed by atoms with Gasteiger partial charge in [-0.25, -0.2) is 0 Å². The molecular weight excluding hydrogens is 344 g/mol. The fraction of sp³-hybridized carbons (Fsp3) is 0.833. The summed E-state index contributed by atoms with van der Waals surface area (Å²) in [6.07, 6.45) is -1.41. The molecule has 0 bridgehead atoms. The molecule has 1 aliphatic rings. The van der Waals surface area contributed by atoms with Gasteiger partial charge in [0.05, 0.1) is 13.2 Å². The summed E-state index contributed by atoms with van der Waals surface area (Å²) in [7, 11) is 0. The van der Waals surface area contributed by atoms with Crippen LogP contribution in [0.25, 0.3) is 0 Å².